The first-order valence-corrected chi connectivity index (χ1v) is 10.1. The second-order valence-corrected chi connectivity index (χ2v) is 7.91. The zero-order valence-corrected chi connectivity index (χ0v) is 16.9. The van der Waals surface area contributed by atoms with E-state index in [9.17, 15) is 4.79 Å². The number of aromatic nitrogens is 1. The fraction of sp³-hybridized carbons (Fsp3) is 0. The van der Waals surface area contributed by atoms with Crippen LogP contribution < -0.4 is 5.32 Å². The van der Waals surface area contributed by atoms with E-state index in [0.717, 1.165) is 21.7 Å². The maximum Gasteiger partial charge on any atom is 0.257 e. The first kappa shape index (κ1) is 18.7. The molecule has 4 rings (SSSR count). The lowest BCUT2D eigenvalue weighted by Crippen LogP contribution is -2.11. The zero-order chi connectivity index (χ0) is 19.5. The first-order valence-electron chi connectivity index (χ1n) is 8.49. The number of rotatable bonds is 4. The highest BCUT2D eigenvalue weighted by atomic mass is 35.5. The van der Waals surface area contributed by atoms with E-state index in [1.165, 1.54) is 11.3 Å². The highest BCUT2D eigenvalue weighted by Crippen LogP contribution is 2.39. The van der Waals surface area contributed by atoms with Gasteiger partial charge < -0.3 is 0 Å². The SMILES string of the molecule is O=C(Nc1nc(-c2ccccc2)c(-c2ccc(Cl)cc2)s1)c1cccc(Cl)c1. The number of halogens is 2. The van der Waals surface area contributed by atoms with E-state index in [1.54, 1.807) is 24.3 Å². The Balaban J connectivity index is 1.73. The number of hydrogen-bond donors (Lipinski definition) is 1. The summed E-state index contributed by atoms with van der Waals surface area (Å²) in [6.45, 7) is 0. The van der Waals surface area contributed by atoms with Crippen LogP contribution in [0.1, 0.15) is 10.4 Å². The van der Waals surface area contributed by atoms with Crippen LogP contribution >= 0.6 is 34.5 Å². The number of nitrogens with zero attached hydrogens (tertiary/aromatic N) is 1. The molecule has 1 heterocycles. The van der Waals surface area contributed by atoms with Crippen molar-refractivity contribution in [1.29, 1.82) is 0 Å². The van der Waals surface area contributed by atoms with Gasteiger partial charge in [-0.15, -0.1) is 0 Å². The number of benzene rings is 3. The van der Waals surface area contributed by atoms with Crippen molar-refractivity contribution in [2.24, 2.45) is 0 Å². The van der Waals surface area contributed by atoms with E-state index in [1.807, 2.05) is 54.6 Å². The third-order valence-electron chi connectivity index (χ3n) is 4.09. The van der Waals surface area contributed by atoms with E-state index in [2.05, 4.69) is 10.3 Å². The number of nitrogens with one attached hydrogen (secondary N) is 1. The first-order chi connectivity index (χ1) is 13.6. The summed E-state index contributed by atoms with van der Waals surface area (Å²) in [7, 11) is 0. The van der Waals surface area contributed by atoms with Crippen LogP contribution in [0.4, 0.5) is 5.13 Å². The maximum absolute atomic E-state index is 12.6. The maximum atomic E-state index is 12.6. The van der Waals surface area contributed by atoms with Crippen molar-refractivity contribution >= 4 is 45.6 Å². The van der Waals surface area contributed by atoms with Crippen molar-refractivity contribution in [3.63, 3.8) is 0 Å². The zero-order valence-electron chi connectivity index (χ0n) is 14.5. The summed E-state index contributed by atoms with van der Waals surface area (Å²) < 4.78 is 0. The van der Waals surface area contributed by atoms with E-state index in [0.29, 0.717) is 20.7 Å². The minimum Gasteiger partial charge on any atom is -0.298 e. The van der Waals surface area contributed by atoms with Crippen molar-refractivity contribution in [3.8, 4) is 21.7 Å². The van der Waals surface area contributed by atoms with Gasteiger partial charge in [0.05, 0.1) is 10.6 Å². The van der Waals surface area contributed by atoms with Gasteiger partial charge in [-0.05, 0) is 35.9 Å². The summed E-state index contributed by atoms with van der Waals surface area (Å²) in [6.07, 6.45) is 0. The molecule has 0 aliphatic heterocycles. The quantitative estimate of drug-likeness (QED) is 0.381. The summed E-state index contributed by atoms with van der Waals surface area (Å²) in [6, 6.07) is 24.3. The Labute approximate surface area is 176 Å². The third kappa shape index (κ3) is 4.09. The van der Waals surface area contributed by atoms with Gasteiger partial charge >= 0.3 is 0 Å². The molecule has 0 aliphatic rings. The average Bonchev–Trinajstić information content (AvgIpc) is 3.13. The van der Waals surface area contributed by atoms with Gasteiger partial charge in [-0.3, -0.25) is 10.1 Å². The third-order valence-corrected chi connectivity index (χ3v) is 5.60. The van der Waals surface area contributed by atoms with Crippen molar-refractivity contribution < 1.29 is 4.79 Å². The largest absolute Gasteiger partial charge is 0.298 e. The molecular weight excluding hydrogens is 411 g/mol. The summed E-state index contributed by atoms with van der Waals surface area (Å²) in [5.41, 5.74) is 3.27. The molecule has 0 spiro atoms. The molecular formula is C22H14Cl2N2OS. The second kappa shape index (κ2) is 8.15. The van der Waals surface area contributed by atoms with Gasteiger partial charge in [0, 0.05) is 21.2 Å². The summed E-state index contributed by atoms with van der Waals surface area (Å²) >= 11 is 13.4. The van der Waals surface area contributed by atoms with Crippen LogP contribution in [-0.4, -0.2) is 10.9 Å². The van der Waals surface area contributed by atoms with E-state index >= 15 is 0 Å². The number of anilines is 1. The normalized spacial score (nSPS) is 10.6. The Morgan fingerprint density at radius 2 is 1.57 bits per heavy atom. The summed E-state index contributed by atoms with van der Waals surface area (Å²) in [5, 5.41) is 4.59. The molecule has 1 aromatic heterocycles. The molecule has 138 valence electrons. The minimum atomic E-state index is -0.251. The number of hydrogen-bond acceptors (Lipinski definition) is 3. The molecule has 0 bridgehead atoms. The topological polar surface area (TPSA) is 42.0 Å². The number of amides is 1. The van der Waals surface area contributed by atoms with Gasteiger partial charge in [0.15, 0.2) is 5.13 Å². The lowest BCUT2D eigenvalue weighted by molar-refractivity contribution is 0.102. The van der Waals surface area contributed by atoms with E-state index in [4.69, 9.17) is 23.2 Å². The average molecular weight is 425 g/mol. The van der Waals surface area contributed by atoms with Gasteiger partial charge in [0.2, 0.25) is 0 Å². The lowest BCUT2D eigenvalue weighted by atomic mass is 10.1. The van der Waals surface area contributed by atoms with Crippen LogP contribution in [0.15, 0.2) is 78.9 Å². The van der Waals surface area contributed by atoms with Crippen molar-refractivity contribution in [2.45, 2.75) is 0 Å². The molecule has 0 aliphatic carbocycles. The molecule has 0 radical (unpaired) electrons. The predicted octanol–water partition coefficient (Wildman–Crippen LogP) is 7.04. The Hall–Kier alpha value is -2.66. The van der Waals surface area contributed by atoms with Crippen LogP contribution in [-0.2, 0) is 0 Å². The van der Waals surface area contributed by atoms with Crippen LogP contribution in [0, 0.1) is 0 Å². The Kier molecular flexibility index (Phi) is 5.44. The highest BCUT2D eigenvalue weighted by Gasteiger charge is 2.17. The molecule has 28 heavy (non-hydrogen) atoms. The minimum absolute atomic E-state index is 0.251. The number of thiazole rings is 1. The number of carbonyl (C=O) groups is 1. The standard InChI is InChI=1S/C22H14Cl2N2OS/c23-17-11-9-15(10-12-17)20-19(14-5-2-1-3-6-14)25-22(28-20)26-21(27)16-7-4-8-18(24)13-16/h1-13H,(H,25,26,27). The van der Waals surface area contributed by atoms with Crippen LogP contribution in [0.3, 0.4) is 0 Å². The van der Waals surface area contributed by atoms with E-state index in [-0.39, 0.29) is 5.91 Å². The van der Waals surface area contributed by atoms with Gasteiger partial charge in [-0.2, -0.15) is 0 Å². The van der Waals surface area contributed by atoms with Crippen LogP contribution in [0.5, 0.6) is 0 Å². The Morgan fingerprint density at radius 1 is 0.821 bits per heavy atom. The summed E-state index contributed by atoms with van der Waals surface area (Å²) in [5.74, 6) is -0.251. The van der Waals surface area contributed by atoms with Gasteiger partial charge in [-0.1, -0.05) is 83.1 Å². The summed E-state index contributed by atoms with van der Waals surface area (Å²) in [4.78, 5) is 18.2. The van der Waals surface area contributed by atoms with Crippen LogP contribution in [0.25, 0.3) is 21.7 Å². The molecule has 1 N–H and O–H groups in total. The van der Waals surface area contributed by atoms with Gasteiger partial charge in [-0.25, -0.2) is 4.98 Å². The smallest absolute Gasteiger partial charge is 0.257 e. The van der Waals surface area contributed by atoms with Crippen molar-refractivity contribution in [3.05, 3.63) is 94.5 Å². The van der Waals surface area contributed by atoms with Gasteiger partial charge in [0.1, 0.15) is 0 Å². The monoisotopic (exact) mass is 424 g/mol. The van der Waals surface area contributed by atoms with Crippen molar-refractivity contribution in [2.75, 3.05) is 5.32 Å². The molecule has 6 heteroatoms. The van der Waals surface area contributed by atoms with Crippen molar-refractivity contribution in [1.82, 2.24) is 4.98 Å². The fourth-order valence-electron chi connectivity index (χ4n) is 2.76. The molecule has 3 nitrogen and oxygen atoms in total. The molecule has 0 saturated carbocycles. The second-order valence-electron chi connectivity index (χ2n) is 6.03. The highest BCUT2D eigenvalue weighted by molar-refractivity contribution is 7.19. The molecule has 1 amide bonds. The molecule has 4 aromatic rings. The van der Waals surface area contributed by atoms with E-state index < -0.39 is 0 Å². The fourth-order valence-corrected chi connectivity index (χ4v) is 4.07. The Bertz CT molecular complexity index is 1130. The lowest BCUT2D eigenvalue weighted by Gasteiger charge is -2.02. The molecule has 0 saturated heterocycles. The molecule has 0 unspecified atom stereocenters. The number of carbonyl (C=O) groups excluding carboxylic acids is 1. The molecule has 0 atom stereocenters. The van der Waals surface area contributed by atoms with Gasteiger partial charge in [0.25, 0.3) is 5.91 Å². The van der Waals surface area contributed by atoms with Crippen LogP contribution in [0.2, 0.25) is 10.0 Å². The predicted molar refractivity (Wildman–Crippen MR) is 117 cm³/mol. The molecule has 0 fully saturated rings. The molecule has 3 aromatic carbocycles. The Morgan fingerprint density at radius 3 is 2.29 bits per heavy atom.